The summed E-state index contributed by atoms with van der Waals surface area (Å²) in [6.45, 7) is 1.62. The largest absolute Gasteiger partial charge is 0.394 e. The summed E-state index contributed by atoms with van der Waals surface area (Å²) in [5.74, 6) is -0.296. The Balaban J connectivity index is 2.16. The van der Waals surface area contributed by atoms with E-state index in [-0.39, 0.29) is 24.5 Å². The number of rotatable bonds is 3. The molecule has 0 saturated heterocycles. The minimum atomic E-state index is -0.282. The number of anilines is 1. The van der Waals surface area contributed by atoms with Crippen LogP contribution in [0.2, 0.25) is 0 Å². The van der Waals surface area contributed by atoms with Gasteiger partial charge in [-0.25, -0.2) is 0 Å². The summed E-state index contributed by atoms with van der Waals surface area (Å²) in [7, 11) is 0. The van der Waals surface area contributed by atoms with Gasteiger partial charge in [0.15, 0.2) is 0 Å². The van der Waals surface area contributed by atoms with Gasteiger partial charge in [0.05, 0.1) is 13.0 Å². The lowest BCUT2D eigenvalue weighted by atomic mass is 10.1. The maximum atomic E-state index is 11.8. The number of aliphatic hydroxyl groups excluding tert-OH is 1. The first-order valence-corrected chi connectivity index (χ1v) is 5.44. The quantitative estimate of drug-likeness (QED) is 0.703. The number of nitrogens with one attached hydrogen (secondary N) is 2. The van der Waals surface area contributed by atoms with E-state index in [4.69, 9.17) is 5.11 Å². The van der Waals surface area contributed by atoms with Crippen LogP contribution < -0.4 is 10.6 Å². The van der Waals surface area contributed by atoms with Gasteiger partial charge in [0, 0.05) is 17.3 Å². The predicted octanol–water partition coefficient (Wildman–Crippen LogP) is 0.292. The highest BCUT2D eigenvalue weighted by atomic mass is 16.3. The molecule has 0 bridgehead atoms. The molecule has 1 aliphatic rings. The molecule has 2 rings (SSSR count). The van der Waals surface area contributed by atoms with E-state index in [1.165, 1.54) is 0 Å². The van der Waals surface area contributed by atoms with Gasteiger partial charge in [-0.3, -0.25) is 9.59 Å². The van der Waals surface area contributed by atoms with Gasteiger partial charge < -0.3 is 15.7 Å². The normalized spacial score (nSPS) is 15.1. The second-order valence-electron chi connectivity index (χ2n) is 4.15. The third kappa shape index (κ3) is 2.45. The lowest BCUT2D eigenvalue weighted by molar-refractivity contribution is -0.115. The molecular weight excluding hydrogens is 220 g/mol. The number of carbonyl (C=O) groups is 2. The Bertz CT molecular complexity index is 471. The van der Waals surface area contributed by atoms with Gasteiger partial charge in [-0.15, -0.1) is 0 Å². The standard InChI is InChI=1S/C12H14N2O3/c1-7(6-15)13-12(17)8-2-3-10-9(4-8)5-11(16)14-10/h2-4,7,15H,5-6H2,1H3,(H,13,17)(H,14,16). The fourth-order valence-corrected chi connectivity index (χ4v) is 1.72. The van der Waals surface area contributed by atoms with Crippen molar-refractivity contribution in [2.75, 3.05) is 11.9 Å². The van der Waals surface area contributed by atoms with E-state index in [1.54, 1.807) is 25.1 Å². The Morgan fingerprint density at radius 3 is 3.06 bits per heavy atom. The molecule has 1 atom stereocenters. The molecule has 0 saturated carbocycles. The first kappa shape index (κ1) is 11.6. The van der Waals surface area contributed by atoms with Crippen LogP contribution in [0.4, 0.5) is 5.69 Å². The van der Waals surface area contributed by atoms with Crippen LogP contribution in [0.1, 0.15) is 22.8 Å². The zero-order valence-electron chi connectivity index (χ0n) is 9.49. The molecule has 1 aromatic carbocycles. The minimum Gasteiger partial charge on any atom is -0.394 e. The SMILES string of the molecule is CC(CO)NC(=O)c1ccc2c(c1)CC(=O)N2. The lowest BCUT2D eigenvalue weighted by Gasteiger charge is -2.11. The van der Waals surface area contributed by atoms with Crippen molar-refractivity contribution in [1.29, 1.82) is 0 Å². The van der Waals surface area contributed by atoms with E-state index in [9.17, 15) is 9.59 Å². The van der Waals surface area contributed by atoms with Crippen molar-refractivity contribution in [3.63, 3.8) is 0 Å². The van der Waals surface area contributed by atoms with Crippen molar-refractivity contribution in [2.45, 2.75) is 19.4 Å². The van der Waals surface area contributed by atoms with Crippen molar-refractivity contribution in [2.24, 2.45) is 0 Å². The Kier molecular flexibility index (Phi) is 3.10. The molecule has 1 heterocycles. The monoisotopic (exact) mass is 234 g/mol. The highest BCUT2D eigenvalue weighted by molar-refractivity contribution is 6.01. The summed E-state index contributed by atoms with van der Waals surface area (Å²) < 4.78 is 0. The first-order valence-electron chi connectivity index (χ1n) is 5.44. The minimum absolute atomic E-state index is 0.0544. The highest BCUT2D eigenvalue weighted by Crippen LogP contribution is 2.23. The molecule has 0 aromatic heterocycles. The zero-order valence-corrected chi connectivity index (χ0v) is 9.49. The second kappa shape index (κ2) is 4.55. The van der Waals surface area contributed by atoms with Gasteiger partial charge in [-0.05, 0) is 30.7 Å². The van der Waals surface area contributed by atoms with Gasteiger partial charge in [0.25, 0.3) is 5.91 Å². The number of hydrogen-bond donors (Lipinski definition) is 3. The van der Waals surface area contributed by atoms with Crippen LogP contribution in [0.3, 0.4) is 0 Å². The summed E-state index contributed by atoms with van der Waals surface area (Å²) >= 11 is 0. The maximum absolute atomic E-state index is 11.8. The molecule has 0 radical (unpaired) electrons. The fourth-order valence-electron chi connectivity index (χ4n) is 1.72. The molecule has 0 fully saturated rings. The fraction of sp³-hybridized carbons (Fsp3) is 0.333. The first-order chi connectivity index (χ1) is 8.10. The Morgan fingerprint density at radius 2 is 2.35 bits per heavy atom. The molecule has 90 valence electrons. The van der Waals surface area contributed by atoms with E-state index in [0.29, 0.717) is 12.0 Å². The van der Waals surface area contributed by atoms with Crippen molar-refractivity contribution < 1.29 is 14.7 Å². The lowest BCUT2D eigenvalue weighted by Crippen LogP contribution is -2.34. The summed E-state index contributed by atoms with van der Waals surface area (Å²) in [6, 6.07) is 4.80. The van der Waals surface area contributed by atoms with E-state index < -0.39 is 0 Å². The number of benzene rings is 1. The van der Waals surface area contributed by atoms with Crippen LogP contribution in [0, 0.1) is 0 Å². The molecule has 0 aliphatic carbocycles. The zero-order chi connectivity index (χ0) is 12.4. The van der Waals surface area contributed by atoms with E-state index in [1.807, 2.05) is 0 Å². The Labute approximate surface area is 98.8 Å². The molecule has 5 heteroatoms. The third-order valence-corrected chi connectivity index (χ3v) is 2.64. The highest BCUT2D eigenvalue weighted by Gasteiger charge is 2.19. The number of hydrogen-bond acceptors (Lipinski definition) is 3. The van der Waals surface area contributed by atoms with Gasteiger partial charge in [0.1, 0.15) is 0 Å². The van der Waals surface area contributed by atoms with Crippen molar-refractivity contribution in [1.82, 2.24) is 5.32 Å². The number of fused-ring (bicyclic) bond motifs is 1. The second-order valence-corrected chi connectivity index (χ2v) is 4.15. The van der Waals surface area contributed by atoms with Crippen molar-refractivity contribution in [3.05, 3.63) is 29.3 Å². The Morgan fingerprint density at radius 1 is 1.59 bits per heavy atom. The number of amides is 2. The van der Waals surface area contributed by atoms with Gasteiger partial charge >= 0.3 is 0 Å². The van der Waals surface area contributed by atoms with Crippen molar-refractivity contribution >= 4 is 17.5 Å². The summed E-state index contributed by atoms with van der Waals surface area (Å²) in [6.07, 6.45) is 0.312. The summed E-state index contributed by atoms with van der Waals surface area (Å²) in [5, 5.41) is 14.2. The molecule has 0 spiro atoms. The maximum Gasteiger partial charge on any atom is 0.251 e. The average molecular weight is 234 g/mol. The van der Waals surface area contributed by atoms with Crippen LogP contribution in [-0.2, 0) is 11.2 Å². The molecule has 5 nitrogen and oxygen atoms in total. The van der Waals surface area contributed by atoms with Crippen LogP contribution >= 0.6 is 0 Å². The Hall–Kier alpha value is -1.88. The number of aliphatic hydroxyl groups is 1. The summed E-state index contributed by atoms with van der Waals surface area (Å²) in [5.41, 5.74) is 2.10. The van der Waals surface area contributed by atoms with E-state index in [2.05, 4.69) is 10.6 Å². The van der Waals surface area contributed by atoms with Crippen LogP contribution in [0.25, 0.3) is 0 Å². The topological polar surface area (TPSA) is 78.4 Å². The van der Waals surface area contributed by atoms with Gasteiger partial charge in [-0.1, -0.05) is 0 Å². The van der Waals surface area contributed by atoms with Gasteiger partial charge in [0.2, 0.25) is 5.91 Å². The molecular formula is C12H14N2O3. The van der Waals surface area contributed by atoms with E-state index in [0.717, 1.165) is 11.3 Å². The van der Waals surface area contributed by atoms with Crippen molar-refractivity contribution in [3.8, 4) is 0 Å². The third-order valence-electron chi connectivity index (χ3n) is 2.64. The smallest absolute Gasteiger partial charge is 0.251 e. The molecule has 3 N–H and O–H groups in total. The molecule has 17 heavy (non-hydrogen) atoms. The molecule has 2 amide bonds. The summed E-state index contributed by atoms with van der Waals surface area (Å²) in [4.78, 5) is 22.9. The van der Waals surface area contributed by atoms with Crippen LogP contribution in [0.15, 0.2) is 18.2 Å². The molecule has 1 unspecified atom stereocenters. The average Bonchev–Trinajstić information content (AvgIpc) is 2.67. The number of carbonyl (C=O) groups excluding carboxylic acids is 2. The van der Waals surface area contributed by atoms with Crippen LogP contribution in [0.5, 0.6) is 0 Å². The van der Waals surface area contributed by atoms with E-state index >= 15 is 0 Å². The molecule has 1 aromatic rings. The van der Waals surface area contributed by atoms with Gasteiger partial charge in [-0.2, -0.15) is 0 Å². The predicted molar refractivity (Wildman–Crippen MR) is 62.8 cm³/mol. The molecule has 1 aliphatic heterocycles. The van der Waals surface area contributed by atoms with Crippen LogP contribution in [-0.4, -0.2) is 29.6 Å².